The Kier molecular flexibility index (Phi) is 3.28. The summed E-state index contributed by atoms with van der Waals surface area (Å²) < 4.78 is 5.77. The van der Waals surface area contributed by atoms with E-state index in [0.29, 0.717) is 16.3 Å². The van der Waals surface area contributed by atoms with E-state index in [1.54, 1.807) is 30.3 Å². The van der Waals surface area contributed by atoms with Crippen molar-refractivity contribution in [1.29, 1.82) is 0 Å². The number of hydrogen-bond donors (Lipinski definition) is 1. The number of furan rings is 1. The molecule has 0 saturated heterocycles. The molecule has 0 aliphatic carbocycles. The van der Waals surface area contributed by atoms with Gasteiger partial charge < -0.3 is 9.73 Å². The van der Waals surface area contributed by atoms with Crippen LogP contribution in [0.15, 0.2) is 71.1 Å². The van der Waals surface area contributed by atoms with Crippen LogP contribution in [-0.2, 0) is 0 Å². The third-order valence-electron chi connectivity index (χ3n) is 3.72. The lowest BCUT2D eigenvalue weighted by Crippen LogP contribution is -2.11. The molecule has 0 fully saturated rings. The maximum absolute atomic E-state index is 12.4. The molecular weight excluding hydrogens is 310 g/mol. The summed E-state index contributed by atoms with van der Waals surface area (Å²) in [5.74, 6) is -0.181. The summed E-state index contributed by atoms with van der Waals surface area (Å²) in [5.41, 5.74) is 2.82. The number of fused-ring (bicyclic) bond motifs is 3. The molecule has 0 atom stereocenters. The van der Waals surface area contributed by atoms with Crippen LogP contribution in [0.2, 0.25) is 5.02 Å². The Labute approximate surface area is 137 Å². The highest BCUT2D eigenvalue weighted by atomic mass is 35.5. The third-order valence-corrected chi connectivity index (χ3v) is 3.96. The van der Waals surface area contributed by atoms with Gasteiger partial charge >= 0.3 is 0 Å². The van der Waals surface area contributed by atoms with Crippen LogP contribution < -0.4 is 5.32 Å². The van der Waals surface area contributed by atoms with Crippen molar-refractivity contribution in [1.82, 2.24) is 0 Å². The van der Waals surface area contributed by atoms with E-state index in [4.69, 9.17) is 16.0 Å². The summed E-state index contributed by atoms with van der Waals surface area (Å²) in [4.78, 5) is 12.4. The molecule has 1 heterocycles. The first-order valence-corrected chi connectivity index (χ1v) is 7.57. The number of halogens is 1. The van der Waals surface area contributed by atoms with E-state index < -0.39 is 0 Å². The minimum absolute atomic E-state index is 0.181. The predicted molar refractivity (Wildman–Crippen MR) is 93.1 cm³/mol. The highest BCUT2D eigenvalue weighted by Gasteiger charge is 2.11. The van der Waals surface area contributed by atoms with Crippen molar-refractivity contribution >= 4 is 45.1 Å². The van der Waals surface area contributed by atoms with E-state index in [0.717, 1.165) is 21.9 Å². The zero-order valence-corrected chi connectivity index (χ0v) is 12.8. The fourth-order valence-electron chi connectivity index (χ4n) is 2.64. The van der Waals surface area contributed by atoms with Gasteiger partial charge in [0.1, 0.15) is 11.2 Å². The van der Waals surface area contributed by atoms with Crippen molar-refractivity contribution in [2.45, 2.75) is 0 Å². The number of anilines is 1. The Morgan fingerprint density at radius 3 is 2.57 bits per heavy atom. The highest BCUT2D eigenvalue weighted by molar-refractivity contribution is 6.31. The molecule has 1 N–H and O–H groups in total. The van der Waals surface area contributed by atoms with Crippen LogP contribution in [0.5, 0.6) is 0 Å². The molecule has 0 bridgehead atoms. The first-order chi connectivity index (χ1) is 11.2. The van der Waals surface area contributed by atoms with Gasteiger partial charge in [0, 0.05) is 27.0 Å². The molecule has 1 aromatic heterocycles. The molecule has 0 radical (unpaired) electrons. The second kappa shape index (κ2) is 5.45. The van der Waals surface area contributed by atoms with Crippen molar-refractivity contribution in [3.63, 3.8) is 0 Å². The monoisotopic (exact) mass is 321 g/mol. The smallest absolute Gasteiger partial charge is 0.255 e. The van der Waals surface area contributed by atoms with Gasteiger partial charge in [-0.25, -0.2) is 0 Å². The molecule has 4 heteroatoms. The van der Waals surface area contributed by atoms with Gasteiger partial charge in [0.05, 0.1) is 0 Å². The fourth-order valence-corrected chi connectivity index (χ4v) is 2.83. The molecule has 3 nitrogen and oxygen atoms in total. The van der Waals surface area contributed by atoms with Crippen LogP contribution in [-0.4, -0.2) is 5.91 Å². The van der Waals surface area contributed by atoms with Crippen LogP contribution in [0, 0.1) is 0 Å². The topological polar surface area (TPSA) is 42.2 Å². The van der Waals surface area contributed by atoms with Crippen LogP contribution in [0.3, 0.4) is 0 Å². The summed E-state index contributed by atoms with van der Waals surface area (Å²) in [5, 5.41) is 5.36. The van der Waals surface area contributed by atoms with Crippen LogP contribution in [0.1, 0.15) is 10.4 Å². The Morgan fingerprint density at radius 2 is 1.70 bits per heavy atom. The van der Waals surface area contributed by atoms with Crippen LogP contribution in [0.4, 0.5) is 5.69 Å². The SMILES string of the molecule is O=C(Nc1cccc(Cl)c1)c1ccc2oc3ccccc3c2c1. The van der Waals surface area contributed by atoms with Gasteiger partial charge in [0.2, 0.25) is 0 Å². The lowest BCUT2D eigenvalue weighted by Gasteiger charge is -2.05. The van der Waals surface area contributed by atoms with Crippen molar-refractivity contribution in [2.75, 3.05) is 5.32 Å². The van der Waals surface area contributed by atoms with E-state index in [1.807, 2.05) is 36.4 Å². The highest BCUT2D eigenvalue weighted by Crippen LogP contribution is 2.29. The van der Waals surface area contributed by atoms with Crippen molar-refractivity contribution in [2.24, 2.45) is 0 Å². The van der Waals surface area contributed by atoms with E-state index in [1.165, 1.54) is 0 Å². The average Bonchev–Trinajstić information content (AvgIpc) is 2.92. The fraction of sp³-hybridized carbons (Fsp3) is 0. The minimum Gasteiger partial charge on any atom is -0.456 e. The number of rotatable bonds is 2. The number of amides is 1. The Hall–Kier alpha value is -2.78. The summed E-state index contributed by atoms with van der Waals surface area (Å²) in [6, 6.07) is 20.3. The number of nitrogens with one attached hydrogen (secondary N) is 1. The average molecular weight is 322 g/mol. The van der Waals surface area contributed by atoms with Crippen molar-refractivity contribution in [3.8, 4) is 0 Å². The van der Waals surface area contributed by atoms with E-state index in [-0.39, 0.29) is 5.91 Å². The molecule has 3 aromatic carbocycles. The summed E-state index contributed by atoms with van der Waals surface area (Å²) in [6.07, 6.45) is 0. The number of carbonyl (C=O) groups is 1. The largest absolute Gasteiger partial charge is 0.456 e. The molecule has 1 amide bonds. The maximum atomic E-state index is 12.4. The zero-order valence-electron chi connectivity index (χ0n) is 12.0. The van der Waals surface area contributed by atoms with Crippen LogP contribution in [0.25, 0.3) is 21.9 Å². The summed E-state index contributed by atoms with van der Waals surface area (Å²) in [7, 11) is 0. The minimum atomic E-state index is -0.181. The second-order valence-corrected chi connectivity index (χ2v) is 5.71. The number of hydrogen-bond acceptors (Lipinski definition) is 2. The normalized spacial score (nSPS) is 11.0. The summed E-state index contributed by atoms with van der Waals surface area (Å²) in [6.45, 7) is 0. The summed E-state index contributed by atoms with van der Waals surface area (Å²) >= 11 is 5.94. The number of para-hydroxylation sites is 1. The molecule has 0 unspecified atom stereocenters. The van der Waals surface area contributed by atoms with Gasteiger partial charge in [-0.3, -0.25) is 4.79 Å². The predicted octanol–water partition coefficient (Wildman–Crippen LogP) is 5.49. The van der Waals surface area contributed by atoms with Crippen molar-refractivity contribution < 1.29 is 9.21 Å². The van der Waals surface area contributed by atoms with Crippen molar-refractivity contribution in [3.05, 3.63) is 77.3 Å². The maximum Gasteiger partial charge on any atom is 0.255 e. The zero-order chi connectivity index (χ0) is 15.8. The first kappa shape index (κ1) is 13.9. The molecule has 0 saturated carbocycles. The quantitative estimate of drug-likeness (QED) is 0.530. The van der Waals surface area contributed by atoms with Gasteiger partial charge in [-0.1, -0.05) is 35.9 Å². The first-order valence-electron chi connectivity index (χ1n) is 7.19. The van der Waals surface area contributed by atoms with Gasteiger partial charge in [-0.15, -0.1) is 0 Å². The van der Waals surface area contributed by atoms with E-state index in [9.17, 15) is 4.79 Å². The Bertz CT molecular complexity index is 1040. The van der Waals surface area contributed by atoms with Gasteiger partial charge in [0.15, 0.2) is 0 Å². The second-order valence-electron chi connectivity index (χ2n) is 5.27. The molecule has 0 spiro atoms. The molecule has 4 aromatic rings. The Morgan fingerprint density at radius 1 is 0.870 bits per heavy atom. The van der Waals surface area contributed by atoms with Crippen LogP contribution >= 0.6 is 11.6 Å². The molecule has 0 aliphatic heterocycles. The molecule has 0 aliphatic rings. The molecule has 4 rings (SSSR count). The third kappa shape index (κ3) is 2.56. The van der Waals surface area contributed by atoms with Gasteiger partial charge in [-0.05, 0) is 42.5 Å². The lowest BCUT2D eigenvalue weighted by atomic mass is 10.1. The number of benzene rings is 3. The molecule has 112 valence electrons. The molecular formula is C19H12ClNO2. The van der Waals surface area contributed by atoms with E-state index in [2.05, 4.69) is 5.32 Å². The van der Waals surface area contributed by atoms with Gasteiger partial charge in [-0.2, -0.15) is 0 Å². The standard InChI is InChI=1S/C19H12ClNO2/c20-13-4-3-5-14(11-13)21-19(22)12-8-9-18-16(10-12)15-6-1-2-7-17(15)23-18/h1-11H,(H,21,22). The van der Waals surface area contributed by atoms with E-state index >= 15 is 0 Å². The lowest BCUT2D eigenvalue weighted by molar-refractivity contribution is 0.102. The number of carbonyl (C=O) groups excluding carboxylic acids is 1. The molecule has 23 heavy (non-hydrogen) atoms. The van der Waals surface area contributed by atoms with Gasteiger partial charge in [0.25, 0.3) is 5.91 Å². The Balaban J connectivity index is 1.73.